The number of carbonyl (C=O) groups excluding carboxylic acids is 2. The number of piperidine rings is 1. The Labute approximate surface area is 177 Å². The first-order chi connectivity index (χ1) is 14.3. The number of nitrogens with two attached hydrogens (primary N) is 1. The van der Waals surface area contributed by atoms with Crippen molar-refractivity contribution in [1.82, 2.24) is 9.62 Å². The van der Waals surface area contributed by atoms with E-state index in [1.165, 1.54) is 16.4 Å². The van der Waals surface area contributed by atoms with Gasteiger partial charge in [0.1, 0.15) is 12.1 Å². The van der Waals surface area contributed by atoms with Gasteiger partial charge in [-0.2, -0.15) is 4.31 Å². The van der Waals surface area contributed by atoms with Crippen molar-refractivity contribution in [2.24, 2.45) is 5.73 Å². The van der Waals surface area contributed by atoms with Crippen molar-refractivity contribution in [2.45, 2.75) is 49.6 Å². The highest BCUT2D eigenvalue weighted by Gasteiger charge is 2.38. The minimum Gasteiger partial charge on any atom is -0.368 e. The van der Waals surface area contributed by atoms with Gasteiger partial charge in [0.25, 0.3) is 0 Å². The van der Waals surface area contributed by atoms with E-state index >= 15 is 0 Å². The van der Waals surface area contributed by atoms with Gasteiger partial charge in [0, 0.05) is 13.0 Å². The molecule has 1 unspecified atom stereocenters. The minimum absolute atomic E-state index is 0.149. The zero-order valence-corrected chi connectivity index (χ0v) is 17.8. The highest BCUT2D eigenvalue weighted by molar-refractivity contribution is 7.89. The van der Waals surface area contributed by atoms with Gasteiger partial charge < -0.3 is 11.1 Å². The molecular formula is C22H27N3O4S. The van der Waals surface area contributed by atoms with E-state index in [0.717, 1.165) is 17.5 Å². The van der Waals surface area contributed by atoms with Crippen LogP contribution in [0.5, 0.6) is 0 Å². The SMILES string of the molecule is Cc1ccccc1C[C@H](NC(=O)C1CCCCN1S(=O)(=O)c1ccccc1)C(N)=O. The normalized spacial score (nSPS) is 18.5. The van der Waals surface area contributed by atoms with Crippen molar-refractivity contribution in [2.75, 3.05) is 6.54 Å². The zero-order valence-electron chi connectivity index (χ0n) is 17.0. The maximum Gasteiger partial charge on any atom is 0.243 e. The summed E-state index contributed by atoms with van der Waals surface area (Å²) in [5, 5.41) is 2.70. The molecule has 1 aliphatic rings. The summed E-state index contributed by atoms with van der Waals surface area (Å²) in [6, 6.07) is 13.8. The second kappa shape index (κ2) is 9.40. The van der Waals surface area contributed by atoms with Gasteiger partial charge in [-0.3, -0.25) is 9.59 Å². The van der Waals surface area contributed by atoms with Crippen molar-refractivity contribution in [1.29, 1.82) is 0 Å². The van der Waals surface area contributed by atoms with Crippen molar-refractivity contribution < 1.29 is 18.0 Å². The van der Waals surface area contributed by atoms with Crippen LogP contribution in [0.4, 0.5) is 0 Å². The Morgan fingerprint density at radius 1 is 1.10 bits per heavy atom. The van der Waals surface area contributed by atoms with Crippen molar-refractivity contribution >= 4 is 21.8 Å². The standard InChI is InChI=1S/C22H27N3O4S/c1-16-9-5-6-10-17(16)15-19(21(23)26)24-22(27)20-13-7-8-14-25(20)30(28,29)18-11-3-2-4-12-18/h2-6,9-12,19-20H,7-8,13-15H2,1H3,(H2,23,26)(H,24,27)/t19-,20?/m0/s1. The van der Waals surface area contributed by atoms with Crippen molar-refractivity contribution in [3.8, 4) is 0 Å². The minimum atomic E-state index is -3.82. The molecule has 2 aromatic rings. The molecule has 2 aromatic carbocycles. The van der Waals surface area contributed by atoms with E-state index in [9.17, 15) is 18.0 Å². The molecular weight excluding hydrogens is 402 g/mol. The number of hydrogen-bond donors (Lipinski definition) is 2. The van der Waals surface area contributed by atoms with Crippen LogP contribution in [0.3, 0.4) is 0 Å². The van der Waals surface area contributed by atoms with E-state index in [0.29, 0.717) is 12.8 Å². The third-order valence-corrected chi connectivity index (χ3v) is 7.37. The number of sulfonamides is 1. The van der Waals surface area contributed by atoms with E-state index in [1.54, 1.807) is 18.2 Å². The molecule has 1 heterocycles. The lowest BCUT2D eigenvalue weighted by Gasteiger charge is -2.34. The zero-order chi connectivity index (χ0) is 21.7. The fraction of sp³-hybridized carbons (Fsp3) is 0.364. The number of hydrogen-bond acceptors (Lipinski definition) is 4. The second-order valence-electron chi connectivity index (χ2n) is 7.53. The molecule has 0 bridgehead atoms. The first-order valence-corrected chi connectivity index (χ1v) is 11.5. The Balaban J connectivity index is 1.80. The summed E-state index contributed by atoms with van der Waals surface area (Å²) in [5.74, 6) is -1.15. The molecule has 0 spiro atoms. The number of primary amides is 1. The molecule has 1 saturated heterocycles. The highest BCUT2D eigenvalue weighted by Crippen LogP contribution is 2.25. The van der Waals surface area contributed by atoms with Gasteiger partial charge >= 0.3 is 0 Å². The lowest BCUT2D eigenvalue weighted by Crippen LogP contribution is -2.56. The Kier molecular flexibility index (Phi) is 6.89. The van der Waals surface area contributed by atoms with Crippen LogP contribution >= 0.6 is 0 Å². The first kappa shape index (κ1) is 22.0. The Hall–Kier alpha value is -2.71. The fourth-order valence-corrected chi connectivity index (χ4v) is 5.41. The average molecular weight is 430 g/mol. The van der Waals surface area contributed by atoms with E-state index in [1.807, 2.05) is 31.2 Å². The summed E-state index contributed by atoms with van der Waals surface area (Å²) in [6.07, 6.45) is 2.07. The highest BCUT2D eigenvalue weighted by atomic mass is 32.2. The number of nitrogens with zero attached hydrogens (tertiary/aromatic N) is 1. The van der Waals surface area contributed by atoms with Gasteiger partial charge in [0.2, 0.25) is 21.8 Å². The van der Waals surface area contributed by atoms with E-state index in [-0.39, 0.29) is 17.9 Å². The number of nitrogens with one attached hydrogen (secondary N) is 1. The predicted molar refractivity (Wildman–Crippen MR) is 114 cm³/mol. The maximum absolute atomic E-state index is 13.1. The third kappa shape index (κ3) is 4.88. The molecule has 0 saturated carbocycles. The van der Waals surface area contributed by atoms with Crippen LogP contribution in [0.25, 0.3) is 0 Å². The molecule has 1 aliphatic heterocycles. The van der Waals surface area contributed by atoms with Crippen LogP contribution in [0.15, 0.2) is 59.5 Å². The molecule has 8 heteroatoms. The lowest BCUT2D eigenvalue weighted by molar-refractivity contribution is -0.130. The third-order valence-electron chi connectivity index (χ3n) is 5.45. The van der Waals surface area contributed by atoms with Crippen LogP contribution in [0.2, 0.25) is 0 Å². The summed E-state index contributed by atoms with van der Waals surface area (Å²) in [6.45, 7) is 2.18. The van der Waals surface area contributed by atoms with Gasteiger partial charge in [-0.05, 0) is 43.0 Å². The Bertz CT molecular complexity index is 1010. The Morgan fingerprint density at radius 2 is 1.77 bits per heavy atom. The van der Waals surface area contributed by atoms with Crippen molar-refractivity contribution in [3.05, 3.63) is 65.7 Å². The summed E-state index contributed by atoms with van der Waals surface area (Å²) < 4.78 is 27.5. The van der Waals surface area contributed by atoms with Crippen LogP contribution in [-0.4, -0.2) is 43.2 Å². The van der Waals surface area contributed by atoms with E-state index in [2.05, 4.69) is 5.32 Å². The number of aryl methyl sites for hydroxylation is 1. The average Bonchev–Trinajstić information content (AvgIpc) is 2.75. The summed E-state index contributed by atoms with van der Waals surface area (Å²) >= 11 is 0. The van der Waals surface area contributed by atoms with Crippen LogP contribution in [-0.2, 0) is 26.0 Å². The van der Waals surface area contributed by atoms with E-state index in [4.69, 9.17) is 5.73 Å². The molecule has 0 aliphatic carbocycles. The lowest BCUT2D eigenvalue weighted by atomic mass is 9.99. The van der Waals surface area contributed by atoms with Gasteiger partial charge in [0.05, 0.1) is 4.90 Å². The van der Waals surface area contributed by atoms with Crippen LogP contribution in [0, 0.1) is 6.92 Å². The monoisotopic (exact) mass is 429 g/mol. The number of amides is 2. The maximum atomic E-state index is 13.1. The summed E-state index contributed by atoms with van der Waals surface area (Å²) in [5.41, 5.74) is 7.43. The number of benzene rings is 2. The molecule has 2 amide bonds. The van der Waals surface area contributed by atoms with Gasteiger partial charge in [-0.1, -0.05) is 48.9 Å². The molecule has 7 nitrogen and oxygen atoms in total. The topological polar surface area (TPSA) is 110 Å². The predicted octanol–water partition coefficient (Wildman–Crippen LogP) is 1.75. The van der Waals surface area contributed by atoms with E-state index < -0.39 is 33.9 Å². The Morgan fingerprint density at radius 3 is 2.43 bits per heavy atom. The molecule has 2 atom stereocenters. The van der Waals surface area contributed by atoms with Crippen molar-refractivity contribution in [3.63, 3.8) is 0 Å². The summed E-state index contributed by atoms with van der Waals surface area (Å²) in [4.78, 5) is 25.2. The summed E-state index contributed by atoms with van der Waals surface area (Å²) in [7, 11) is -3.82. The molecule has 1 fully saturated rings. The van der Waals surface area contributed by atoms with Gasteiger partial charge in [0.15, 0.2) is 0 Å². The van der Waals surface area contributed by atoms with Crippen LogP contribution < -0.4 is 11.1 Å². The van der Waals surface area contributed by atoms with Gasteiger partial charge in [-0.15, -0.1) is 0 Å². The fourth-order valence-electron chi connectivity index (χ4n) is 3.73. The number of rotatable bonds is 7. The molecule has 30 heavy (non-hydrogen) atoms. The quantitative estimate of drug-likeness (QED) is 0.699. The van der Waals surface area contributed by atoms with Crippen LogP contribution in [0.1, 0.15) is 30.4 Å². The molecule has 0 radical (unpaired) electrons. The number of carbonyl (C=O) groups is 2. The molecule has 160 valence electrons. The van der Waals surface area contributed by atoms with Gasteiger partial charge in [-0.25, -0.2) is 8.42 Å². The second-order valence-corrected chi connectivity index (χ2v) is 9.43. The molecule has 0 aromatic heterocycles. The molecule has 3 rings (SSSR count). The smallest absolute Gasteiger partial charge is 0.243 e. The molecule has 3 N–H and O–H groups in total. The largest absolute Gasteiger partial charge is 0.368 e. The first-order valence-electron chi connectivity index (χ1n) is 10.0.